The van der Waals surface area contributed by atoms with Crippen molar-refractivity contribution in [3.8, 4) is 11.5 Å². The van der Waals surface area contributed by atoms with Gasteiger partial charge in [-0.15, -0.1) is 0 Å². The molecular formula is C10H11NO4. The van der Waals surface area contributed by atoms with Crippen molar-refractivity contribution in [2.24, 2.45) is 0 Å². The van der Waals surface area contributed by atoms with Gasteiger partial charge in [0, 0.05) is 12.6 Å². The first kappa shape index (κ1) is 11.0. The predicted molar refractivity (Wildman–Crippen MR) is 53.5 cm³/mol. The van der Waals surface area contributed by atoms with Gasteiger partial charge in [-0.3, -0.25) is 4.79 Å². The van der Waals surface area contributed by atoms with Crippen molar-refractivity contribution >= 4 is 12.4 Å². The van der Waals surface area contributed by atoms with Crippen LogP contribution in [0.25, 0.3) is 0 Å². The fourth-order valence-corrected chi connectivity index (χ4v) is 0.997. The summed E-state index contributed by atoms with van der Waals surface area (Å²) in [6.07, 6.45) is 0.0484. The van der Waals surface area contributed by atoms with Crippen LogP contribution in [0.1, 0.15) is 10.4 Å². The lowest BCUT2D eigenvalue weighted by molar-refractivity contribution is 0.112. The third kappa shape index (κ3) is 2.70. The van der Waals surface area contributed by atoms with Gasteiger partial charge in [0.2, 0.25) is 0 Å². The largest absolute Gasteiger partial charge is 0.493 e. The number of benzene rings is 1. The van der Waals surface area contributed by atoms with Gasteiger partial charge < -0.3 is 14.8 Å². The highest BCUT2D eigenvalue weighted by atomic mass is 16.6. The van der Waals surface area contributed by atoms with E-state index in [9.17, 15) is 9.59 Å². The molecule has 0 fully saturated rings. The molecule has 0 aromatic heterocycles. The van der Waals surface area contributed by atoms with E-state index in [1.807, 2.05) is 0 Å². The van der Waals surface area contributed by atoms with Crippen LogP contribution in [0, 0.1) is 0 Å². The second-order valence-electron chi connectivity index (χ2n) is 2.67. The van der Waals surface area contributed by atoms with Crippen molar-refractivity contribution in [2.75, 3.05) is 14.2 Å². The Balaban J connectivity index is 3.00. The van der Waals surface area contributed by atoms with Gasteiger partial charge in [0.25, 0.3) is 0 Å². The molecule has 0 bridgehead atoms. The number of carbonyl (C=O) groups is 2. The highest BCUT2D eigenvalue weighted by Gasteiger charge is 2.09. The molecule has 0 aliphatic heterocycles. The lowest BCUT2D eigenvalue weighted by atomic mass is 10.2. The topological polar surface area (TPSA) is 64.6 Å². The lowest BCUT2D eigenvalue weighted by Crippen LogP contribution is -2.22. The van der Waals surface area contributed by atoms with Gasteiger partial charge in [-0.05, 0) is 18.2 Å². The van der Waals surface area contributed by atoms with Crippen molar-refractivity contribution in [3.63, 3.8) is 0 Å². The molecule has 0 heterocycles. The summed E-state index contributed by atoms with van der Waals surface area (Å²) in [5.74, 6) is 0.602. The molecule has 0 aliphatic carbocycles. The Kier molecular flexibility index (Phi) is 3.68. The SMILES string of the molecule is CNC(=O)Oc1cc(C=O)ccc1OC. The Morgan fingerprint density at radius 2 is 2.13 bits per heavy atom. The number of amides is 1. The van der Waals surface area contributed by atoms with E-state index in [1.54, 1.807) is 12.1 Å². The van der Waals surface area contributed by atoms with Gasteiger partial charge in [-0.1, -0.05) is 0 Å². The molecule has 0 saturated heterocycles. The molecular weight excluding hydrogens is 198 g/mol. The molecule has 0 spiro atoms. The molecule has 0 saturated carbocycles. The number of rotatable bonds is 3. The van der Waals surface area contributed by atoms with Gasteiger partial charge in [-0.2, -0.15) is 0 Å². The zero-order chi connectivity index (χ0) is 11.3. The molecule has 5 heteroatoms. The summed E-state index contributed by atoms with van der Waals surface area (Å²) in [7, 11) is 2.89. The normalized spacial score (nSPS) is 9.20. The summed E-state index contributed by atoms with van der Waals surface area (Å²) in [6.45, 7) is 0. The third-order valence-electron chi connectivity index (χ3n) is 1.73. The minimum absolute atomic E-state index is 0.210. The fraction of sp³-hybridized carbons (Fsp3) is 0.200. The first-order chi connectivity index (χ1) is 7.21. The van der Waals surface area contributed by atoms with Crippen molar-refractivity contribution in [1.29, 1.82) is 0 Å². The molecule has 5 nitrogen and oxygen atoms in total. The molecule has 1 rings (SSSR count). The average molecular weight is 209 g/mol. The highest BCUT2D eigenvalue weighted by molar-refractivity contribution is 5.78. The summed E-state index contributed by atoms with van der Waals surface area (Å²) in [5.41, 5.74) is 0.412. The molecule has 0 atom stereocenters. The summed E-state index contributed by atoms with van der Waals surface area (Å²) >= 11 is 0. The van der Waals surface area contributed by atoms with Crippen molar-refractivity contribution < 1.29 is 19.1 Å². The second kappa shape index (κ2) is 4.99. The molecule has 1 N–H and O–H groups in total. The van der Waals surface area contributed by atoms with E-state index in [0.717, 1.165) is 0 Å². The zero-order valence-electron chi connectivity index (χ0n) is 8.44. The van der Waals surface area contributed by atoms with Gasteiger partial charge in [0.05, 0.1) is 7.11 Å². The Hall–Kier alpha value is -2.04. The van der Waals surface area contributed by atoms with Gasteiger partial charge in [-0.25, -0.2) is 4.79 Å². The Morgan fingerprint density at radius 3 is 2.67 bits per heavy atom. The van der Waals surface area contributed by atoms with Gasteiger partial charge in [0.1, 0.15) is 6.29 Å². The van der Waals surface area contributed by atoms with Crippen molar-refractivity contribution in [1.82, 2.24) is 5.32 Å². The maximum Gasteiger partial charge on any atom is 0.412 e. The Bertz CT molecular complexity index is 376. The monoisotopic (exact) mass is 209 g/mol. The number of hydrogen-bond donors (Lipinski definition) is 1. The maximum absolute atomic E-state index is 11.0. The predicted octanol–water partition coefficient (Wildman–Crippen LogP) is 1.23. The smallest absolute Gasteiger partial charge is 0.412 e. The molecule has 0 unspecified atom stereocenters. The number of nitrogens with one attached hydrogen (secondary N) is 1. The van der Waals surface area contributed by atoms with E-state index >= 15 is 0 Å². The van der Waals surface area contributed by atoms with E-state index in [2.05, 4.69) is 5.32 Å². The molecule has 0 aliphatic rings. The van der Waals surface area contributed by atoms with Crippen LogP contribution in [0.3, 0.4) is 0 Å². The molecule has 80 valence electrons. The maximum atomic E-state index is 11.0. The molecule has 1 aromatic carbocycles. The van der Waals surface area contributed by atoms with E-state index in [4.69, 9.17) is 9.47 Å². The average Bonchev–Trinajstić information content (AvgIpc) is 2.28. The number of hydrogen-bond acceptors (Lipinski definition) is 4. The van der Waals surface area contributed by atoms with Crippen LogP contribution in [0.5, 0.6) is 11.5 Å². The minimum Gasteiger partial charge on any atom is -0.493 e. The summed E-state index contributed by atoms with van der Waals surface area (Å²) in [4.78, 5) is 21.5. The van der Waals surface area contributed by atoms with Gasteiger partial charge >= 0.3 is 6.09 Å². The van der Waals surface area contributed by atoms with Crippen LogP contribution in [0.15, 0.2) is 18.2 Å². The Morgan fingerprint density at radius 1 is 1.40 bits per heavy atom. The van der Waals surface area contributed by atoms with E-state index in [1.165, 1.54) is 20.2 Å². The lowest BCUT2D eigenvalue weighted by Gasteiger charge is -2.08. The van der Waals surface area contributed by atoms with Gasteiger partial charge in [0.15, 0.2) is 11.5 Å². The number of methoxy groups -OCH3 is 1. The molecule has 1 amide bonds. The first-order valence-electron chi connectivity index (χ1n) is 4.24. The summed E-state index contributed by atoms with van der Waals surface area (Å²) in [6, 6.07) is 4.56. The van der Waals surface area contributed by atoms with Crippen molar-refractivity contribution in [3.05, 3.63) is 23.8 Å². The Labute approximate surface area is 87.0 Å². The van der Waals surface area contributed by atoms with E-state index < -0.39 is 6.09 Å². The van der Waals surface area contributed by atoms with Crippen LogP contribution < -0.4 is 14.8 Å². The van der Waals surface area contributed by atoms with E-state index in [0.29, 0.717) is 17.6 Å². The second-order valence-corrected chi connectivity index (χ2v) is 2.67. The van der Waals surface area contributed by atoms with Crippen LogP contribution in [-0.4, -0.2) is 26.5 Å². The van der Waals surface area contributed by atoms with Crippen molar-refractivity contribution in [2.45, 2.75) is 0 Å². The standard InChI is InChI=1S/C10H11NO4/c1-11-10(13)15-9-5-7(6-12)3-4-8(9)14-2/h3-6H,1-2H3,(H,11,13). The number of carbonyl (C=O) groups excluding carboxylic acids is 2. The number of aldehydes is 1. The molecule has 15 heavy (non-hydrogen) atoms. The van der Waals surface area contributed by atoms with Crippen LogP contribution in [0.4, 0.5) is 4.79 Å². The molecule has 0 radical (unpaired) electrons. The quantitative estimate of drug-likeness (QED) is 0.760. The minimum atomic E-state index is -0.614. The fourth-order valence-electron chi connectivity index (χ4n) is 0.997. The van der Waals surface area contributed by atoms with Crippen LogP contribution in [-0.2, 0) is 0 Å². The zero-order valence-corrected chi connectivity index (χ0v) is 8.44. The highest BCUT2D eigenvalue weighted by Crippen LogP contribution is 2.27. The molecule has 1 aromatic rings. The third-order valence-corrected chi connectivity index (χ3v) is 1.73. The van der Waals surface area contributed by atoms with Crippen LogP contribution in [0.2, 0.25) is 0 Å². The summed E-state index contributed by atoms with van der Waals surface area (Å²) in [5, 5.41) is 2.30. The summed E-state index contributed by atoms with van der Waals surface area (Å²) < 4.78 is 9.86. The first-order valence-corrected chi connectivity index (χ1v) is 4.24. The van der Waals surface area contributed by atoms with E-state index in [-0.39, 0.29) is 5.75 Å². The number of ether oxygens (including phenoxy) is 2. The van der Waals surface area contributed by atoms with Crippen LogP contribution >= 0.6 is 0 Å².